The summed E-state index contributed by atoms with van der Waals surface area (Å²) in [4.78, 5) is 0.146. The molecule has 1 aromatic rings. The highest BCUT2D eigenvalue weighted by molar-refractivity contribution is 7.91. The van der Waals surface area contributed by atoms with Gasteiger partial charge >= 0.3 is 0 Å². The maximum Gasteiger partial charge on any atom is 0.179 e. The highest BCUT2D eigenvalue weighted by Crippen LogP contribution is 2.25. The third-order valence-corrected chi connectivity index (χ3v) is 4.46. The van der Waals surface area contributed by atoms with Gasteiger partial charge in [0.25, 0.3) is 0 Å². The van der Waals surface area contributed by atoms with Gasteiger partial charge in [-0.25, -0.2) is 8.42 Å². The molecular weight excluding hydrogens is 267 g/mol. The molecule has 6 heteroatoms. The van der Waals surface area contributed by atoms with Crippen molar-refractivity contribution in [2.75, 3.05) is 11.6 Å². The van der Waals surface area contributed by atoms with Crippen LogP contribution in [0.4, 0.5) is 0 Å². The number of hydrogen-bond acceptors (Lipinski definition) is 2. The van der Waals surface area contributed by atoms with Crippen LogP contribution in [0.2, 0.25) is 10.0 Å². The molecule has 78 valence electrons. The Morgan fingerprint density at radius 1 is 1.14 bits per heavy atom. The lowest BCUT2D eigenvalue weighted by Crippen LogP contribution is -2.07. The lowest BCUT2D eigenvalue weighted by Gasteiger charge is -2.03. The fourth-order valence-electron chi connectivity index (χ4n) is 0.890. The van der Waals surface area contributed by atoms with Crippen LogP contribution in [0.1, 0.15) is 0 Å². The van der Waals surface area contributed by atoms with Crippen molar-refractivity contribution in [2.24, 2.45) is 0 Å². The topological polar surface area (TPSA) is 34.1 Å². The van der Waals surface area contributed by atoms with Crippen LogP contribution in [0.15, 0.2) is 23.1 Å². The molecule has 0 radical (unpaired) electrons. The molecule has 0 aliphatic carbocycles. The molecule has 0 spiro atoms. The normalized spacial score (nSPS) is 11.6. The lowest BCUT2D eigenvalue weighted by molar-refractivity contribution is 0.597. The molecule has 0 fully saturated rings. The molecule has 0 saturated heterocycles. The van der Waals surface area contributed by atoms with Crippen molar-refractivity contribution < 1.29 is 8.42 Å². The monoisotopic (exact) mass is 272 g/mol. The van der Waals surface area contributed by atoms with Crippen molar-refractivity contribution in [3.8, 4) is 0 Å². The van der Waals surface area contributed by atoms with Crippen molar-refractivity contribution in [3.63, 3.8) is 0 Å². The Hall–Kier alpha value is 0.0400. The zero-order valence-electron chi connectivity index (χ0n) is 7.00. The SMILES string of the molecule is O=S(=O)(CCCl)c1ccc(Cl)c(Cl)c1. The molecule has 0 N–H and O–H groups in total. The van der Waals surface area contributed by atoms with E-state index in [-0.39, 0.29) is 21.6 Å². The van der Waals surface area contributed by atoms with Gasteiger partial charge in [0.1, 0.15) is 0 Å². The van der Waals surface area contributed by atoms with Crippen LogP contribution in [0.3, 0.4) is 0 Å². The number of rotatable bonds is 3. The van der Waals surface area contributed by atoms with Crippen molar-refractivity contribution in [1.29, 1.82) is 0 Å². The second-order valence-electron chi connectivity index (χ2n) is 2.58. The molecule has 2 nitrogen and oxygen atoms in total. The summed E-state index contributed by atoms with van der Waals surface area (Å²) in [5.74, 6) is -0.0465. The van der Waals surface area contributed by atoms with Crippen LogP contribution in [0.5, 0.6) is 0 Å². The van der Waals surface area contributed by atoms with Gasteiger partial charge in [0.15, 0.2) is 9.84 Å². The smallest absolute Gasteiger partial charge is 0.179 e. The second-order valence-corrected chi connectivity index (χ2v) is 5.89. The van der Waals surface area contributed by atoms with Crippen LogP contribution in [-0.2, 0) is 9.84 Å². The number of hydrogen-bond donors (Lipinski definition) is 0. The first-order valence-corrected chi connectivity index (χ1v) is 6.65. The summed E-state index contributed by atoms with van der Waals surface area (Å²) < 4.78 is 23.0. The first-order chi connectivity index (χ1) is 6.47. The van der Waals surface area contributed by atoms with Crippen molar-refractivity contribution in [2.45, 2.75) is 4.90 Å². The highest BCUT2D eigenvalue weighted by atomic mass is 35.5. The summed E-state index contributed by atoms with van der Waals surface area (Å²) in [6, 6.07) is 4.19. The molecule has 1 aromatic carbocycles. The van der Waals surface area contributed by atoms with Crippen LogP contribution in [0, 0.1) is 0 Å². The molecule has 0 aliphatic rings. The van der Waals surface area contributed by atoms with Crippen LogP contribution < -0.4 is 0 Å². The number of sulfone groups is 1. The minimum atomic E-state index is -3.32. The molecule has 1 rings (SSSR count). The second kappa shape index (κ2) is 4.71. The van der Waals surface area contributed by atoms with Gasteiger partial charge in [0.05, 0.1) is 20.7 Å². The molecule has 0 heterocycles. The third-order valence-electron chi connectivity index (χ3n) is 1.60. The molecule has 0 atom stereocenters. The molecule has 0 amide bonds. The summed E-state index contributed by atoms with van der Waals surface area (Å²) in [5.41, 5.74) is 0. The van der Waals surface area contributed by atoms with E-state index in [0.717, 1.165) is 0 Å². The molecule has 0 unspecified atom stereocenters. The Bertz CT molecular complexity index is 428. The zero-order chi connectivity index (χ0) is 10.8. The lowest BCUT2D eigenvalue weighted by atomic mass is 10.4. The molecule has 14 heavy (non-hydrogen) atoms. The van der Waals surface area contributed by atoms with E-state index >= 15 is 0 Å². The van der Waals surface area contributed by atoms with Crippen LogP contribution in [0.25, 0.3) is 0 Å². The Kier molecular flexibility index (Phi) is 4.07. The van der Waals surface area contributed by atoms with Gasteiger partial charge in [-0.05, 0) is 18.2 Å². The summed E-state index contributed by atoms with van der Waals surface area (Å²) in [6.07, 6.45) is 0. The molecule has 0 saturated carbocycles. The van der Waals surface area contributed by atoms with Crippen LogP contribution >= 0.6 is 34.8 Å². The van der Waals surface area contributed by atoms with Crippen molar-refractivity contribution in [3.05, 3.63) is 28.2 Å². The quantitative estimate of drug-likeness (QED) is 0.793. The summed E-state index contributed by atoms with van der Waals surface area (Å²) >= 11 is 16.7. The number of halogens is 3. The summed E-state index contributed by atoms with van der Waals surface area (Å²) in [6.45, 7) is 0. The van der Waals surface area contributed by atoms with E-state index in [4.69, 9.17) is 34.8 Å². The predicted molar refractivity (Wildman–Crippen MR) is 59.2 cm³/mol. The van der Waals surface area contributed by atoms with Gasteiger partial charge in [-0.2, -0.15) is 0 Å². The van der Waals surface area contributed by atoms with Gasteiger partial charge in [0, 0.05) is 5.88 Å². The van der Waals surface area contributed by atoms with Gasteiger partial charge < -0.3 is 0 Å². The van der Waals surface area contributed by atoms with E-state index in [1.54, 1.807) is 0 Å². The van der Waals surface area contributed by atoms with E-state index in [0.29, 0.717) is 5.02 Å². The molecule has 0 bridgehead atoms. The minimum absolute atomic E-state index is 0.0581. The minimum Gasteiger partial charge on any atom is -0.224 e. The molecule has 0 aromatic heterocycles. The average molecular weight is 274 g/mol. The first-order valence-electron chi connectivity index (χ1n) is 3.71. The van der Waals surface area contributed by atoms with Crippen molar-refractivity contribution >= 4 is 44.6 Å². The van der Waals surface area contributed by atoms with Gasteiger partial charge in [0.2, 0.25) is 0 Å². The maximum atomic E-state index is 11.5. The van der Waals surface area contributed by atoms with Gasteiger partial charge in [-0.1, -0.05) is 23.2 Å². The van der Waals surface area contributed by atoms with Gasteiger partial charge in [-0.3, -0.25) is 0 Å². The zero-order valence-corrected chi connectivity index (χ0v) is 10.1. The fourth-order valence-corrected chi connectivity index (χ4v) is 2.87. The van der Waals surface area contributed by atoms with E-state index in [9.17, 15) is 8.42 Å². The van der Waals surface area contributed by atoms with Crippen LogP contribution in [-0.4, -0.2) is 20.1 Å². The Labute approximate surface area is 97.7 Å². The average Bonchev–Trinajstić information content (AvgIpc) is 2.09. The standard InChI is InChI=1S/C8H7Cl3O2S/c9-3-4-14(12,13)6-1-2-7(10)8(11)5-6/h1-2,5H,3-4H2. The van der Waals surface area contributed by atoms with E-state index < -0.39 is 9.84 Å². The molecular formula is C8H7Cl3O2S. The third kappa shape index (κ3) is 2.76. The van der Waals surface area contributed by atoms with E-state index in [1.807, 2.05) is 0 Å². The number of benzene rings is 1. The Balaban J connectivity index is 3.15. The fraction of sp³-hybridized carbons (Fsp3) is 0.250. The molecule has 0 aliphatic heterocycles. The van der Waals surface area contributed by atoms with Crippen molar-refractivity contribution in [1.82, 2.24) is 0 Å². The summed E-state index contributed by atoms with van der Waals surface area (Å²) in [7, 11) is -3.32. The maximum absolute atomic E-state index is 11.5. The number of alkyl halides is 1. The summed E-state index contributed by atoms with van der Waals surface area (Å²) in [5, 5.41) is 0.554. The highest BCUT2D eigenvalue weighted by Gasteiger charge is 2.14. The Morgan fingerprint density at radius 3 is 2.29 bits per heavy atom. The predicted octanol–water partition coefficient (Wildman–Crippen LogP) is 3.01. The van der Waals surface area contributed by atoms with Gasteiger partial charge in [-0.15, -0.1) is 11.6 Å². The van der Waals surface area contributed by atoms with E-state index in [2.05, 4.69) is 0 Å². The largest absolute Gasteiger partial charge is 0.224 e. The van der Waals surface area contributed by atoms with E-state index in [1.165, 1.54) is 18.2 Å². The Morgan fingerprint density at radius 2 is 1.79 bits per heavy atom. The first kappa shape index (κ1) is 12.1.